The SMILES string of the molecule is CCOC(=O)[C@H](Cc1ccccc1)NC(=O)C[C@@H]1C[C@@H](CCC2CC(CC)=NO2)C[C@@]2(CCC[C@H](COC(=O)NCCC(C)C)O2)O1. The van der Waals surface area contributed by atoms with E-state index in [0.717, 1.165) is 56.2 Å². The quantitative estimate of drug-likeness (QED) is 0.212. The van der Waals surface area contributed by atoms with Gasteiger partial charge in [-0.3, -0.25) is 4.79 Å². The predicted molar refractivity (Wildman–Crippen MR) is 178 cm³/mol. The maximum Gasteiger partial charge on any atom is 0.407 e. The number of rotatable bonds is 16. The molecule has 0 aromatic heterocycles. The Morgan fingerprint density at radius 2 is 1.83 bits per heavy atom. The summed E-state index contributed by atoms with van der Waals surface area (Å²) in [5, 5.41) is 9.96. The highest BCUT2D eigenvalue weighted by Gasteiger charge is 2.46. The first-order chi connectivity index (χ1) is 22.7. The Kier molecular flexibility index (Phi) is 14.3. The molecule has 3 aliphatic rings. The van der Waals surface area contributed by atoms with Gasteiger partial charge < -0.3 is 34.4 Å². The van der Waals surface area contributed by atoms with Gasteiger partial charge in [-0.2, -0.15) is 0 Å². The minimum absolute atomic E-state index is 0.0662. The van der Waals surface area contributed by atoms with Crippen LogP contribution >= 0.6 is 0 Å². The van der Waals surface area contributed by atoms with E-state index in [1.54, 1.807) is 6.92 Å². The Morgan fingerprint density at radius 3 is 2.55 bits per heavy atom. The van der Waals surface area contributed by atoms with Gasteiger partial charge in [0.2, 0.25) is 5.91 Å². The van der Waals surface area contributed by atoms with Gasteiger partial charge in [0, 0.05) is 32.2 Å². The zero-order chi connectivity index (χ0) is 33.6. The van der Waals surface area contributed by atoms with E-state index in [9.17, 15) is 14.4 Å². The number of hydrogen-bond donors (Lipinski definition) is 2. The molecule has 2 N–H and O–H groups in total. The van der Waals surface area contributed by atoms with Crippen LogP contribution in [0.1, 0.15) is 104 Å². The lowest BCUT2D eigenvalue weighted by molar-refractivity contribution is -0.325. The maximum atomic E-state index is 13.5. The normalized spacial score (nSPS) is 26.3. The van der Waals surface area contributed by atoms with E-state index in [4.69, 9.17) is 23.8 Å². The Labute approximate surface area is 279 Å². The number of oxime groups is 1. The van der Waals surface area contributed by atoms with Gasteiger partial charge in [0.25, 0.3) is 0 Å². The van der Waals surface area contributed by atoms with Crippen LogP contribution in [0.25, 0.3) is 0 Å². The highest BCUT2D eigenvalue weighted by atomic mass is 16.7. The van der Waals surface area contributed by atoms with Crippen molar-refractivity contribution in [3.05, 3.63) is 35.9 Å². The fraction of sp³-hybridized carbons (Fsp3) is 0.722. The van der Waals surface area contributed by atoms with Crippen LogP contribution in [0.15, 0.2) is 35.5 Å². The summed E-state index contributed by atoms with van der Waals surface area (Å²) < 4.78 is 24.1. The number of carbonyl (C=O) groups is 3. The van der Waals surface area contributed by atoms with Crippen LogP contribution in [0, 0.1) is 11.8 Å². The zero-order valence-electron chi connectivity index (χ0n) is 28.7. The largest absolute Gasteiger partial charge is 0.464 e. The number of esters is 1. The molecule has 11 heteroatoms. The van der Waals surface area contributed by atoms with Crippen molar-refractivity contribution in [2.45, 2.75) is 135 Å². The van der Waals surface area contributed by atoms with Crippen molar-refractivity contribution in [1.82, 2.24) is 10.6 Å². The molecule has 6 atom stereocenters. The number of nitrogens with one attached hydrogen (secondary N) is 2. The maximum absolute atomic E-state index is 13.5. The van der Waals surface area contributed by atoms with Crippen molar-refractivity contribution in [2.24, 2.45) is 17.0 Å². The van der Waals surface area contributed by atoms with Crippen molar-refractivity contribution in [3.63, 3.8) is 0 Å². The van der Waals surface area contributed by atoms with E-state index in [1.165, 1.54) is 0 Å². The van der Waals surface area contributed by atoms with Crippen LogP contribution < -0.4 is 10.6 Å². The summed E-state index contributed by atoms with van der Waals surface area (Å²) in [5.41, 5.74) is 2.02. The molecule has 0 bridgehead atoms. The van der Waals surface area contributed by atoms with Crippen LogP contribution in [-0.2, 0) is 39.8 Å². The summed E-state index contributed by atoms with van der Waals surface area (Å²) in [6.45, 7) is 9.00. The average molecular weight is 658 g/mol. The third-order valence-corrected chi connectivity index (χ3v) is 9.14. The number of hydrogen-bond acceptors (Lipinski definition) is 9. The summed E-state index contributed by atoms with van der Waals surface area (Å²) >= 11 is 0. The lowest BCUT2D eigenvalue weighted by Crippen LogP contribution is -2.52. The van der Waals surface area contributed by atoms with Gasteiger partial charge in [0.1, 0.15) is 18.8 Å². The first kappa shape index (κ1) is 36.7. The van der Waals surface area contributed by atoms with Gasteiger partial charge >= 0.3 is 12.1 Å². The van der Waals surface area contributed by atoms with Gasteiger partial charge in [0.15, 0.2) is 5.79 Å². The molecule has 0 aliphatic carbocycles. The van der Waals surface area contributed by atoms with Gasteiger partial charge in [0.05, 0.1) is 30.9 Å². The molecule has 262 valence electrons. The second kappa shape index (κ2) is 18.4. The molecule has 1 spiro atoms. The monoisotopic (exact) mass is 657 g/mol. The number of benzene rings is 1. The molecule has 3 aliphatic heterocycles. The van der Waals surface area contributed by atoms with Crippen LogP contribution in [0.4, 0.5) is 4.79 Å². The average Bonchev–Trinajstić information content (AvgIpc) is 3.51. The molecule has 2 fully saturated rings. The summed E-state index contributed by atoms with van der Waals surface area (Å²) in [4.78, 5) is 44.3. The van der Waals surface area contributed by atoms with Crippen LogP contribution in [0.2, 0.25) is 0 Å². The second-order valence-corrected chi connectivity index (χ2v) is 13.6. The predicted octanol–water partition coefficient (Wildman–Crippen LogP) is 5.84. The number of ether oxygens (including phenoxy) is 4. The number of nitrogens with zero attached hydrogens (tertiary/aromatic N) is 1. The van der Waals surface area contributed by atoms with E-state index in [-0.39, 0.29) is 43.7 Å². The third kappa shape index (κ3) is 12.1. The highest BCUT2D eigenvalue weighted by Crippen LogP contribution is 2.44. The van der Waals surface area contributed by atoms with E-state index >= 15 is 0 Å². The summed E-state index contributed by atoms with van der Waals surface area (Å²) in [7, 11) is 0. The first-order valence-corrected chi connectivity index (χ1v) is 17.6. The van der Waals surface area contributed by atoms with Gasteiger partial charge in [-0.25, -0.2) is 9.59 Å². The molecule has 0 saturated carbocycles. The molecular formula is C36H55N3O8. The number of carbonyl (C=O) groups excluding carboxylic acids is 3. The second-order valence-electron chi connectivity index (χ2n) is 13.6. The topological polar surface area (TPSA) is 134 Å². The molecule has 47 heavy (non-hydrogen) atoms. The van der Waals surface area contributed by atoms with Crippen molar-refractivity contribution in [3.8, 4) is 0 Å². The number of amides is 2. The first-order valence-electron chi connectivity index (χ1n) is 17.6. The molecule has 1 aromatic rings. The fourth-order valence-electron chi connectivity index (χ4n) is 6.71. The van der Waals surface area contributed by atoms with Gasteiger partial charge in [-0.05, 0) is 69.3 Å². The van der Waals surface area contributed by atoms with Gasteiger partial charge in [-0.1, -0.05) is 56.3 Å². The number of alkyl carbamates (subject to hydrolysis) is 1. The van der Waals surface area contributed by atoms with Crippen molar-refractivity contribution >= 4 is 23.7 Å². The summed E-state index contributed by atoms with van der Waals surface area (Å²) in [6.07, 6.45) is 7.41. The third-order valence-electron chi connectivity index (χ3n) is 9.14. The highest BCUT2D eigenvalue weighted by molar-refractivity contribution is 5.85. The lowest BCUT2D eigenvalue weighted by Gasteiger charge is -2.48. The minimum atomic E-state index is -0.875. The molecule has 2 amide bonds. The van der Waals surface area contributed by atoms with Crippen LogP contribution in [-0.4, -0.2) is 73.6 Å². The lowest BCUT2D eigenvalue weighted by atomic mass is 9.81. The standard InChI is InChI=1S/C36H55N3O8/c1-5-28-21-29(47-39-28)15-14-27-19-31(22-33(40)38-32(34(41)43-6-2)20-26-11-8-7-9-12-26)46-36(23-27)17-10-13-30(45-36)24-44-35(42)37-18-16-25(3)4/h7-9,11-12,25,27,29-32H,5-6,10,13-24H2,1-4H3,(H,37,42)(H,38,40)/t27-,29?,30-,31+,32+,36-/m1/s1. The Hall–Kier alpha value is -3.18. The molecule has 3 heterocycles. The fourth-order valence-corrected chi connectivity index (χ4v) is 6.71. The molecule has 11 nitrogen and oxygen atoms in total. The Bertz CT molecular complexity index is 1180. The summed E-state index contributed by atoms with van der Waals surface area (Å²) in [6, 6.07) is 8.77. The Balaban J connectivity index is 1.39. The molecule has 1 unspecified atom stereocenters. The molecular weight excluding hydrogens is 602 g/mol. The van der Waals surface area contributed by atoms with Crippen molar-refractivity contribution < 1.29 is 38.2 Å². The van der Waals surface area contributed by atoms with Gasteiger partial charge in [-0.15, -0.1) is 0 Å². The molecule has 1 aromatic carbocycles. The molecule has 0 radical (unpaired) electrons. The van der Waals surface area contributed by atoms with Crippen molar-refractivity contribution in [2.75, 3.05) is 19.8 Å². The van der Waals surface area contributed by atoms with E-state index in [1.807, 2.05) is 30.3 Å². The molecule has 4 rings (SSSR count). The van der Waals surface area contributed by atoms with E-state index < -0.39 is 30.0 Å². The molecule has 2 saturated heterocycles. The zero-order valence-corrected chi connectivity index (χ0v) is 28.7. The smallest absolute Gasteiger partial charge is 0.407 e. The Morgan fingerprint density at radius 1 is 1.04 bits per heavy atom. The van der Waals surface area contributed by atoms with Crippen LogP contribution in [0.5, 0.6) is 0 Å². The van der Waals surface area contributed by atoms with E-state index in [2.05, 4.69) is 36.6 Å². The summed E-state index contributed by atoms with van der Waals surface area (Å²) in [5.74, 6) is -0.876. The van der Waals surface area contributed by atoms with E-state index in [0.29, 0.717) is 38.1 Å². The van der Waals surface area contributed by atoms with Crippen LogP contribution in [0.3, 0.4) is 0 Å². The minimum Gasteiger partial charge on any atom is -0.464 e. The van der Waals surface area contributed by atoms with Crippen molar-refractivity contribution in [1.29, 1.82) is 0 Å².